The summed E-state index contributed by atoms with van der Waals surface area (Å²) in [6, 6.07) is 11.1. The zero-order chi connectivity index (χ0) is 17.6. The number of halogens is 1. The first-order chi connectivity index (χ1) is 12.0. The molecule has 4 rings (SSSR count). The fourth-order valence-corrected chi connectivity index (χ4v) is 4.08. The van der Waals surface area contributed by atoms with Crippen molar-refractivity contribution >= 4 is 56.2 Å². The first kappa shape index (κ1) is 15.9. The van der Waals surface area contributed by atoms with E-state index in [2.05, 4.69) is 10.6 Å². The molecule has 126 valence electrons. The largest absolute Gasteiger partial charge is 0.482 e. The molecule has 0 unspecified atom stereocenters. The molecule has 0 saturated carbocycles. The van der Waals surface area contributed by atoms with E-state index in [1.54, 1.807) is 12.1 Å². The van der Waals surface area contributed by atoms with Crippen LogP contribution in [-0.4, -0.2) is 18.4 Å². The maximum absolute atomic E-state index is 12.7. The van der Waals surface area contributed by atoms with E-state index in [-0.39, 0.29) is 18.4 Å². The van der Waals surface area contributed by atoms with Crippen LogP contribution in [0, 0.1) is 6.92 Å². The van der Waals surface area contributed by atoms with Crippen LogP contribution in [0.1, 0.15) is 15.2 Å². The van der Waals surface area contributed by atoms with Crippen molar-refractivity contribution in [1.29, 1.82) is 0 Å². The Labute approximate surface area is 152 Å². The van der Waals surface area contributed by atoms with Crippen molar-refractivity contribution in [1.82, 2.24) is 0 Å². The highest BCUT2D eigenvalue weighted by Crippen LogP contribution is 2.37. The summed E-state index contributed by atoms with van der Waals surface area (Å²) in [5.74, 6) is 0.0222. The van der Waals surface area contributed by atoms with Gasteiger partial charge in [0, 0.05) is 10.8 Å². The molecule has 0 saturated heterocycles. The Morgan fingerprint density at radius 2 is 2.12 bits per heavy atom. The minimum absolute atomic E-state index is 0.0581. The van der Waals surface area contributed by atoms with E-state index in [0.717, 1.165) is 15.6 Å². The zero-order valence-corrected chi connectivity index (χ0v) is 14.8. The molecule has 25 heavy (non-hydrogen) atoms. The highest BCUT2D eigenvalue weighted by Gasteiger charge is 2.21. The predicted octanol–water partition coefficient (Wildman–Crippen LogP) is 4.45. The van der Waals surface area contributed by atoms with E-state index in [9.17, 15) is 9.59 Å². The Morgan fingerprint density at radius 3 is 2.92 bits per heavy atom. The van der Waals surface area contributed by atoms with Crippen molar-refractivity contribution in [3.8, 4) is 5.75 Å². The van der Waals surface area contributed by atoms with Crippen molar-refractivity contribution < 1.29 is 14.3 Å². The molecule has 2 heterocycles. The highest BCUT2D eigenvalue weighted by molar-refractivity contribution is 7.21. The second-order valence-corrected chi connectivity index (χ2v) is 7.13. The SMILES string of the molecule is Cc1c(C(=O)Nc2cc3c(cc2Cl)NC(=O)CO3)sc2ccccc12. The van der Waals surface area contributed by atoms with Gasteiger partial charge in [-0.25, -0.2) is 0 Å². The van der Waals surface area contributed by atoms with Gasteiger partial charge in [0.1, 0.15) is 5.75 Å². The van der Waals surface area contributed by atoms with E-state index < -0.39 is 0 Å². The average Bonchev–Trinajstić information content (AvgIpc) is 2.93. The molecule has 0 radical (unpaired) electrons. The number of carbonyl (C=O) groups excluding carboxylic acids is 2. The third-order valence-corrected chi connectivity index (χ3v) is 5.58. The van der Waals surface area contributed by atoms with Crippen LogP contribution in [0.25, 0.3) is 10.1 Å². The van der Waals surface area contributed by atoms with Crippen LogP contribution in [0.3, 0.4) is 0 Å². The summed E-state index contributed by atoms with van der Waals surface area (Å²) in [7, 11) is 0. The van der Waals surface area contributed by atoms with E-state index >= 15 is 0 Å². The molecule has 0 atom stereocenters. The summed E-state index contributed by atoms with van der Waals surface area (Å²) < 4.78 is 6.43. The molecule has 0 fully saturated rings. The molecule has 2 N–H and O–H groups in total. The summed E-state index contributed by atoms with van der Waals surface area (Å²) in [5.41, 5.74) is 1.88. The average molecular weight is 373 g/mol. The lowest BCUT2D eigenvalue weighted by Crippen LogP contribution is -2.25. The van der Waals surface area contributed by atoms with Gasteiger partial charge >= 0.3 is 0 Å². The van der Waals surface area contributed by atoms with Crippen molar-refractivity contribution in [2.24, 2.45) is 0 Å². The summed E-state index contributed by atoms with van der Waals surface area (Å²) in [4.78, 5) is 24.7. The van der Waals surface area contributed by atoms with Crippen molar-refractivity contribution in [3.63, 3.8) is 0 Å². The van der Waals surface area contributed by atoms with Gasteiger partial charge in [-0.1, -0.05) is 29.8 Å². The topological polar surface area (TPSA) is 67.4 Å². The lowest BCUT2D eigenvalue weighted by molar-refractivity contribution is -0.118. The zero-order valence-electron chi connectivity index (χ0n) is 13.2. The summed E-state index contributed by atoms with van der Waals surface area (Å²) in [6.07, 6.45) is 0. The number of thiophene rings is 1. The number of hydrogen-bond acceptors (Lipinski definition) is 4. The highest BCUT2D eigenvalue weighted by atomic mass is 35.5. The molecular formula is C18H13ClN2O3S. The number of nitrogens with one attached hydrogen (secondary N) is 2. The second-order valence-electron chi connectivity index (χ2n) is 5.67. The normalized spacial score (nSPS) is 13.1. The van der Waals surface area contributed by atoms with Gasteiger partial charge in [0.15, 0.2) is 6.61 Å². The molecule has 3 aromatic rings. The van der Waals surface area contributed by atoms with Crippen LogP contribution in [0.2, 0.25) is 5.02 Å². The fourth-order valence-electron chi connectivity index (χ4n) is 2.77. The molecule has 0 bridgehead atoms. The van der Waals surface area contributed by atoms with Gasteiger partial charge in [-0.3, -0.25) is 9.59 Å². The number of carbonyl (C=O) groups is 2. The van der Waals surface area contributed by atoms with Gasteiger partial charge in [-0.05, 0) is 30.0 Å². The minimum Gasteiger partial charge on any atom is -0.482 e. The molecule has 0 spiro atoms. The quantitative estimate of drug-likeness (QED) is 0.698. The molecule has 1 aliphatic rings. The monoisotopic (exact) mass is 372 g/mol. The number of amides is 2. The number of fused-ring (bicyclic) bond motifs is 2. The van der Waals surface area contributed by atoms with Crippen molar-refractivity contribution in [2.75, 3.05) is 17.2 Å². The molecule has 2 aromatic carbocycles. The number of hydrogen-bond donors (Lipinski definition) is 2. The Balaban J connectivity index is 1.66. The lowest BCUT2D eigenvalue weighted by Gasteiger charge is -2.19. The first-order valence-electron chi connectivity index (χ1n) is 7.58. The Bertz CT molecular complexity index is 1030. The van der Waals surface area contributed by atoms with Crippen molar-refractivity contribution in [3.05, 3.63) is 51.9 Å². The van der Waals surface area contributed by atoms with E-state index in [1.807, 2.05) is 31.2 Å². The molecule has 5 nitrogen and oxygen atoms in total. The molecule has 0 aliphatic carbocycles. The summed E-state index contributed by atoms with van der Waals surface area (Å²) >= 11 is 7.68. The van der Waals surface area contributed by atoms with Gasteiger partial charge in [0.05, 0.1) is 21.3 Å². The number of anilines is 2. The van der Waals surface area contributed by atoms with Gasteiger partial charge in [-0.15, -0.1) is 11.3 Å². The first-order valence-corrected chi connectivity index (χ1v) is 8.78. The number of benzene rings is 2. The number of ether oxygens (including phenoxy) is 1. The summed E-state index contributed by atoms with van der Waals surface area (Å²) in [5, 5.41) is 6.92. The van der Waals surface area contributed by atoms with Crippen LogP contribution in [0.4, 0.5) is 11.4 Å². The van der Waals surface area contributed by atoms with Gasteiger partial charge in [-0.2, -0.15) is 0 Å². The number of aryl methyl sites for hydroxylation is 1. The maximum atomic E-state index is 12.7. The summed E-state index contributed by atoms with van der Waals surface area (Å²) in [6.45, 7) is 1.87. The van der Waals surface area contributed by atoms with E-state index in [4.69, 9.17) is 16.3 Å². The maximum Gasteiger partial charge on any atom is 0.266 e. The molecular weight excluding hydrogens is 360 g/mol. The Hall–Kier alpha value is -2.57. The van der Waals surface area contributed by atoms with Crippen LogP contribution < -0.4 is 15.4 Å². The second kappa shape index (κ2) is 6.06. The van der Waals surface area contributed by atoms with Crippen LogP contribution >= 0.6 is 22.9 Å². The molecule has 1 aliphatic heterocycles. The van der Waals surface area contributed by atoms with Gasteiger partial charge < -0.3 is 15.4 Å². The smallest absolute Gasteiger partial charge is 0.266 e. The van der Waals surface area contributed by atoms with Gasteiger partial charge in [0.2, 0.25) is 0 Å². The fraction of sp³-hybridized carbons (Fsp3) is 0.111. The van der Waals surface area contributed by atoms with E-state index in [1.165, 1.54) is 11.3 Å². The van der Waals surface area contributed by atoms with E-state index in [0.29, 0.717) is 27.0 Å². The van der Waals surface area contributed by atoms with Crippen LogP contribution in [0.5, 0.6) is 5.75 Å². The minimum atomic E-state index is -0.235. The van der Waals surface area contributed by atoms with Gasteiger partial charge in [0.25, 0.3) is 11.8 Å². The predicted molar refractivity (Wildman–Crippen MR) is 100 cm³/mol. The van der Waals surface area contributed by atoms with Crippen LogP contribution in [0.15, 0.2) is 36.4 Å². The molecule has 1 aromatic heterocycles. The molecule has 2 amide bonds. The Kier molecular flexibility index (Phi) is 3.86. The third-order valence-electron chi connectivity index (χ3n) is 4.00. The standard InChI is InChI=1S/C18H13ClN2O3S/c1-9-10-4-2-3-5-15(10)25-17(9)18(23)21-12-7-14-13(6-11(12)19)20-16(22)8-24-14/h2-7H,8H2,1H3,(H,20,22)(H,21,23). The lowest BCUT2D eigenvalue weighted by atomic mass is 10.1. The number of rotatable bonds is 2. The molecule has 7 heteroatoms. The van der Waals surface area contributed by atoms with Crippen molar-refractivity contribution in [2.45, 2.75) is 6.92 Å². The third kappa shape index (κ3) is 2.83. The Morgan fingerprint density at radius 1 is 1.32 bits per heavy atom. The van der Waals surface area contributed by atoms with Crippen LogP contribution in [-0.2, 0) is 4.79 Å².